The lowest BCUT2D eigenvalue weighted by Gasteiger charge is -2.05. The molecule has 0 unspecified atom stereocenters. The van der Waals surface area contributed by atoms with E-state index in [1.165, 1.54) is 0 Å². The molecule has 3 rings (SSSR count). The van der Waals surface area contributed by atoms with E-state index in [1.54, 1.807) is 29.8 Å². The van der Waals surface area contributed by atoms with E-state index in [-0.39, 0.29) is 0 Å². The maximum absolute atomic E-state index is 9.88. The Morgan fingerprint density at radius 2 is 2.17 bits per heavy atom. The number of rotatable bonds is 3. The number of thiophene rings is 1. The Balaban J connectivity index is 1.87. The minimum absolute atomic E-state index is 0.304. The molecule has 3 aromatic rings. The van der Waals surface area contributed by atoms with Gasteiger partial charge in [-0.1, -0.05) is 6.07 Å². The first-order valence-electron chi connectivity index (χ1n) is 5.55. The highest BCUT2D eigenvalue weighted by Crippen LogP contribution is 2.33. The second kappa shape index (κ2) is 4.66. The molecule has 0 fully saturated rings. The fraction of sp³-hybridized carbons (Fsp3) is 0.0714. The van der Waals surface area contributed by atoms with Gasteiger partial charge in [0.2, 0.25) is 0 Å². The standard InChI is InChI=1S/C14H11NO2S/c16-12-4-1-5-13-14(12)10(9-18-13)8-17-11-3-2-6-15-7-11/h1-7,9,16H,8H2. The molecule has 0 saturated heterocycles. The highest BCUT2D eigenvalue weighted by Gasteiger charge is 2.08. The summed E-state index contributed by atoms with van der Waals surface area (Å²) in [4.78, 5) is 3.99. The average molecular weight is 257 g/mol. The van der Waals surface area contributed by atoms with Crippen LogP contribution in [0.1, 0.15) is 5.56 Å². The second-order valence-electron chi connectivity index (χ2n) is 3.89. The number of phenolic OH excluding ortho intramolecular Hbond substituents is 1. The monoisotopic (exact) mass is 257 g/mol. The number of nitrogens with zero attached hydrogens (tertiary/aromatic N) is 1. The SMILES string of the molecule is Oc1cccc2scc(COc3cccnc3)c12. The summed E-state index contributed by atoms with van der Waals surface area (Å²) in [5, 5.41) is 12.8. The van der Waals surface area contributed by atoms with E-state index < -0.39 is 0 Å². The lowest BCUT2D eigenvalue weighted by Crippen LogP contribution is -1.94. The topological polar surface area (TPSA) is 42.4 Å². The van der Waals surface area contributed by atoms with Crippen LogP contribution in [0, 0.1) is 0 Å². The molecule has 0 bridgehead atoms. The number of hydrogen-bond donors (Lipinski definition) is 1. The van der Waals surface area contributed by atoms with Gasteiger partial charge in [0, 0.05) is 21.8 Å². The molecule has 18 heavy (non-hydrogen) atoms. The van der Waals surface area contributed by atoms with Crippen LogP contribution in [0.5, 0.6) is 11.5 Å². The number of fused-ring (bicyclic) bond motifs is 1. The van der Waals surface area contributed by atoms with Gasteiger partial charge in [-0.3, -0.25) is 4.98 Å². The normalized spacial score (nSPS) is 10.7. The summed E-state index contributed by atoms with van der Waals surface area (Å²) >= 11 is 1.61. The zero-order chi connectivity index (χ0) is 12.4. The first-order valence-corrected chi connectivity index (χ1v) is 6.43. The third-order valence-corrected chi connectivity index (χ3v) is 3.68. The smallest absolute Gasteiger partial charge is 0.138 e. The van der Waals surface area contributed by atoms with Crippen LogP contribution in [0.15, 0.2) is 48.1 Å². The molecule has 0 aliphatic heterocycles. The van der Waals surface area contributed by atoms with Crippen molar-refractivity contribution < 1.29 is 9.84 Å². The van der Waals surface area contributed by atoms with Gasteiger partial charge in [0.15, 0.2) is 0 Å². The van der Waals surface area contributed by atoms with Crippen LogP contribution in [0.25, 0.3) is 10.1 Å². The van der Waals surface area contributed by atoms with E-state index >= 15 is 0 Å². The van der Waals surface area contributed by atoms with E-state index in [2.05, 4.69) is 4.98 Å². The quantitative estimate of drug-likeness (QED) is 0.779. The van der Waals surface area contributed by atoms with Crippen LogP contribution < -0.4 is 4.74 Å². The number of aromatic hydroxyl groups is 1. The largest absolute Gasteiger partial charge is 0.507 e. The number of ether oxygens (including phenoxy) is 1. The van der Waals surface area contributed by atoms with Crippen LogP contribution in [-0.2, 0) is 6.61 Å². The lowest BCUT2D eigenvalue weighted by atomic mass is 10.1. The van der Waals surface area contributed by atoms with Crippen LogP contribution >= 0.6 is 11.3 Å². The first kappa shape index (κ1) is 11.0. The maximum Gasteiger partial charge on any atom is 0.138 e. The van der Waals surface area contributed by atoms with Gasteiger partial charge in [-0.05, 0) is 29.6 Å². The molecule has 2 aromatic heterocycles. The Morgan fingerprint density at radius 3 is 3.00 bits per heavy atom. The van der Waals surface area contributed by atoms with Gasteiger partial charge in [-0.2, -0.15) is 0 Å². The molecule has 4 heteroatoms. The Hall–Kier alpha value is -2.07. The number of hydrogen-bond acceptors (Lipinski definition) is 4. The predicted octanol–water partition coefficient (Wildman–Crippen LogP) is 3.58. The van der Waals surface area contributed by atoms with Crippen molar-refractivity contribution in [3.8, 4) is 11.5 Å². The van der Waals surface area contributed by atoms with Crippen molar-refractivity contribution in [2.45, 2.75) is 6.61 Å². The summed E-state index contributed by atoms with van der Waals surface area (Å²) in [5.74, 6) is 1.03. The van der Waals surface area contributed by atoms with Gasteiger partial charge in [0.25, 0.3) is 0 Å². The molecule has 0 saturated carbocycles. The number of benzene rings is 1. The molecule has 0 aliphatic carbocycles. The van der Waals surface area contributed by atoms with E-state index in [4.69, 9.17) is 4.74 Å². The molecule has 0 spiro atoms. The first-order chi connectivity index (χ1) is 8.84. The Kier molecular flexibility index (Phi) is 2.86. The molecule has 3 nitrogen and oxygen atoms in total. The number of aromatic nitrogens is 1. The minimum Gasteiger partial charge on any atom is -0.507 e. The average Bonchev–Trinajstić information content (AvgIpc) is 2.82. The van der Waals surface area contributed by atoms with Gasteiger partial charge in [0.1, 0.15) is 18.1 Å². The van der Waals surface area contributed by atoms with Gasteiger partial charge in [-0.25, -0.2) is 0 Å². The summed E-state index contributed by atoms with van der Waals surface area (Å²) in [6.07, 6.45) is 3.38. The van der Waals surface area contributed by atoms with Crippen molar-refractivity contribution in [3.05, 3.63) is 53.7 Å². The van der Waals surface area contributed by atoms with Gasteiger partial charge in [-0.15, -0.1) is 11.3 Å². The lowest BCUT2D eigenvalue weighted by molar-refractivity contribution is 0.306. The zero-order valence-electron chi connectivity index (χ0n) is 9.54. The molecule has 0 atom stereocenters. The highest BCUT2D eigenvalue weighted by molar-refractivity contribution is 7.17. The fourth-order valence-electron chi connectivity index (χ4n) is 1.83. The molecule has 0 radical (unpaired) electrons. The van der Waals surface area contributed by atoms with Crippen LogP contribution in [0.3, 0.4) is 0 Å². The number of pyridine rings is 1. The number of phenols is 1. The van der Waals surface area contributed by atoms with Gasteiger partial charge < -0.3 is 9.84 Å². The molecule has 1 aromatic carbocycles. The van der Waals surface area contributed by atoms with Crippen molar-refractivity contribution in [2.75, 3.05) is 0 Å². The van der Waals surface area contributed by atoms with Crippen LogP contribution in [0.2, 0.25) is 0 Å². The molecule has 2 heterocycles. The third-order valence-electron chi connectivity index (χ3n) is 2.68. The summed E-state index contributed by atoms with van der Waals surface area (Å²) in [5.41, 5.74) is 0.997. The predicted molar refractivity (Wildman–Crippen MR) is 72.1 cm³/mol. The summed E-state index contributed by atoms with van der Waals surface area (Å²) in [6, 6.07) is 9.23. The second-order valence-corrected chi connectivity index (χ2v) is 4.80. The molecular formula is C14H11NO2S. The van der Waals surface area contributed by atoms with Crippen molar-refractivity contribution in [2.24, 2.45) is 0 Å². The summed E-state index contributed by atoms with van der Waals surface area (Å²) < 4.78 is 6.72. The van der Waals surface area contributed by atoms with Crippen molar-refractivity contribution in [3.63, 3.8) is 0 Å². The van der Waals surface area contributed by atoms with E-state index in [9.17, 15) is 5.11 Å². The van der Waals surface area contributed by atoms with Gasteiger partial charge in [0.05, 0.1) is 6.20 Å². The molecule has 1 N–H and O–H groups in total. The summed E-state index contributed by atoms with van der Waals surface area (Å²) in [7, 11) is 0. The molecule has 90 valence electrons. The maximum atomic E-state index is 9.88. The van der Waals surface area contributed by atoms with Crippen molar-refractivity contribution in [1.29, 1.82) is 0 Å². The van der Waals surface area contributed by atoms with Crippen LogP contribution in [0.4, 0.5) is 0 Å². The Morgan fingerprint density at radius 1 is 1.22 bits per heavy atom. The Bertz CT molecular complexity index is 664. The molecule has 0 aliphatic rings. The van der Waals surface area contributed by atoms with Crippen molar-refractivity contribution in [1.82, 2.24) is 4.98 Å². The minimum atomic E-state index is 0.304. The molecule has 0 amide bonds. The Labute approximate surface area is 108 Å². The van der Waals surface area contributed by atoms with Crippen molar-refractivity contribution >= 4 is 21.4 Å². The molecular weight excluding hydrogens is 246 g/mol. The fourth-order valence-corrected chi connectivity index (χ4v) is 2.80. The van der Waals surface area contributed by atoms with E-state index in [0.29, 0.717) is 12.4 Å². The highest BCUT2D eigenvalue weighted by atomic mass is 32.1. The third kappa shape index (κ3) is 2.02. The van der Waals surface area contributed by atoms with Crippen LogP contribution in [-0.4, -0.2) is 10.1 Å². The zero-order valence-corrected chi connectivity index (χ0v) is 10.4. The summed E-state index contributed by atoms with van der Waals surface area (Å²) in [6.45, 7) is 0.434. The van der Waals surface area contributed by atoms with E-state index in [1.807, 2.05) is 29.6 Å². The van der Waals surface area contributed by atoms with Gasteiger partial charge >= 0.3 is 0 Å². The van der Waals surface area contributed by atoms with E-state index in [0.717, 1.165) is 21.4 Å².